The van der Waals surface area contributed by atoms with Crippen molar-refractivity contribution in [2.24, 2.45) is 16.3 Å². The van der Waals surface area contributed by atoms with Crippen molar-refractivity contribution >= 4 is 33.2 Å². The second kappa shape index (κ2) is 8.43. The Kier molecular flexibility index (Phi) is 5.47. The molecule has 3 N–H and O–H groups in total. The maximum atomic E-state index is 11.5. The first-order valence-corrected chi connectivity index (χ1v) is 13.3. The summed E-state index contributed by atoms with van der Waals surface area (Å²) in [6.07, 6.45) is 6.38. The number of halogens is 1. The molecule has 2 aliphatic heterocycles. The maximum absolute atomic E-state index is 11.5. The molecule has 1 aromatic heterocycles. The van der Waals surface area contributed by atoms with Crippen LogP contribution in [-0.4, -0.2) is 39.0 Å². The topological polar surface area (TPSA) is 103 Å². The van der Waals surface area contributed by atoms with Crippen molar-refractivity contribution in [3.05, 3.63) is 62.9 Å². The molecule has 35 heavy (non-hydrogen) atoms. The number of hydrogen-bond acceptors (Lipinski definition) is 5. The summed E-state index contributed by atoms with van der Waals surface area (Å²) in [6.45, 7) is 2.79. The number of nitrogens with one attached hydrogen (secondary N) is 2. The summed E-state index contributed by atoms with van der Waals surface area (Å²) in [6, 6.07) is 10.4. The van der Waals surface area contributed by atoms with Crippen LogP contribution in [0.1, 0.15) is 74.9 Å². The molecular weight excluding hydrogens is 506 g/mol. The Morgan fingerprint density at radius 3 is 2.60 bits per heavy atom. The molecule has 2 atom stereocenters. The van der Waals surface area contributed by atoms with Gasteiger partial charge in [-0.15, -0.1) is 0 Å². The zero-order valence-corrected chi connectivity index (χ0v) is 21.4. The summed E-state index contributed by atoms with van der Waals surface area (Å²) in [5, 5.41) is 18.3. The number of hydrogen-bond donors (Lipinski definition) is 3. The molecule has 0 amide bonds. The van der Waals surface area contributed by atoms with E-state index in [9.17, 15) is 9.90 Å². The lowest BCUT2D eigenvalue weighted by atomic mass is 9.77. The third-order valence-corrected chi connectivity index (χ3v) is 9.34. The van der Waals surface area contributed by atoms with Crippen LogP contribution in [0, 0.1) is 16.7 Å². The first-order chi connectivity index (χ1) is 16.9. The van der Waals surface area contributed by atoms with Gasteiger partial charge >= 0.3 is 5.97 Å². The highest BCUT2D eigenvalue weighted by atomic mass is 79.9. The van der Waals surface area contributed by atoms with Gasteiger partial charge < -0.3 is 10.5 Å². The zero-order chi connectivity index (χ0) is 24.3. The van der Waals surface area contributed by atoms with Gasteiger partial charge in [0.25, 0.3) is 0 Å². The normalized spacial score (nSPS) is 31.6. The SMILES string of the molecule is CC1Nn2c(nc(C3CCC4(CC3)CC4C(=O)O)c(Br)c2=N)/C1=C1/CCC(c2ccccc2)=NC1. The molecule has 8 heteroatoms. The fourth-order valence-electron chi connectivity index (χ4n) is 6.45. The van der Waals surface area contributed by atoms with Crippen LogP contribution < -0.4 is 10.9 Å². The van der Waals surface area contributed by atoms with Crippen LogP contribution in [-0.2, 0) is 4.79 Å². The number of rotatable bonds is 3. The summed E-state index contributed by atoms with van der Waals surface area (Å²) >= 11 is 3.68. The quantitative estimate of drug-likeness (QED) is 0.522. The summed E-state index contributed by atoms with van der Waals surface area (Å²) in [7, 11) is 0. The van der Waals surface area contributed by atoms with Crippen LogP contribution in [0.15, 0.2) is 45.4 Å². The Hall–Kier alpha value is -2.74. The number of fused-ring (bicyclic) bond motifs is 1. The number of carboxylic acids is 1. The largest absolute Gasteiger partial charge is 0.481 e. The molecule has 0 radical (unpaired) electrons. The van der Waals surface area contributed by atoms with Crippen molar-refractivity contribution in [3.8, 4) is 0 Å². The molecule has 2 saturated carbocycles. The molecular formula is C27H30BrN5O2. The Labute approximate surface area is 213 Å². The summed E-state index contributed by atoms with van der Waals surface area (Å²) in [5.41, 5.74) is 9.59. The van der Waals surface area contributed by atoms with Crippen LogP contribution in [0.5, 0.6) is 0 Å². The summed E-state index contributed by atoms with van der Waals surface area (Å²) in [5.74, 6) is 0.267. The summed E-state index contributed by atoms with van der Waals surface area (Å²) < 4.78 is 2.55. The van der Waals surface area contributed by atoms with Crippen molar-refractivity contribution in [1.29, 1.82) is 5.41 Å². The van der Waals surface area contributed by atoms with E-state index in [-0.39, 0.29) is 23.3 Å². The van der Waals surface area contributed by atoms with Crippen LogP contribution in [0.4, 0.5) is 0 Å². The van der Waals surface area contributed by atoms with Crippen LogP contribution in [0.3, 0.4) is 0 Å². The minimum absolute atomic E-state index is 0.00382. The fraction of sp³-hybridized carbons (Fsp3) is 0.481. The molecule has 0 bridgehead atoms. The lowest BCUT2D eigenvalue weighted by molar-refractivity contribution is -0.139. The van der Waals surface area contributed by atoms with Crippen LogP contribution >= 0.6 is 15.9 Å². The highest BCUT2D eigenvalue weighted by molar-refractivity contribution is 9.10. The first-order valence-electron chi connectivity index (χ1n) is 12.6. The molecule has 1 aromatic carbocycles. The predicted molar refractivity (Wildman–Crippen MR) is 138 cm³/mol. The number of carbonyl (C=O) groups is 1. The highest BCUT2D eigenvalue weighted by Gasteiger charge is 2.59. The smallest absolute Gasteiger partial charge is 0.307 e. The molecule has 4 aliphatic rings. The van der Waals surface area contributed by atoms with Gasteiger partial charge in [0.05, 0.1) is 28.7 Å². The zero-order valence-electron chi connectivity index (χ0n) is 19.9. The number of nitrogens with zero attached hydrogens (tertiary/aromatic N) is 3. The van der Waals surface area contributed by atoms with Gasteiger partial charge in [-0.05, 0) is 84.4 Å². The van der Waals surface area contributed by atoms with Crippen LogP contribution in [0.2, 0.25) is 0 Å². The lowest BCUT2D eigenvalue weighted by Gasteiger charge is -2.29. The Balaban J connectivity index is 1.30. The molecule has 2 unspecified atom stereocenters. The van der Waals surface area contributed by atoms with Gasteiger partial charge in [0.1, 0.15) is 0 Å². The van der Waals surface area contributed by atoms with Crippen molar-refractivity contribution < 1.29 is 9.90 Å². The fourth-order valence-corrected chi connectivity index (χ4v) is 7.04. The number of aromatic nitrogens is 2. The monoisotopic (exact) mass is 535 g/mol. The molecule has 3 heterocycles. The van der Waals surface area contributed by atoms with E-state index in [2.05, 4.69) is 52.5 Å². The van der Waals surface area contributed by atoms with E-state index in [1.165, 1.54) is 16.7 Å². The van der Waals surface area contributed by atoms with E-state index in [0.29, 0.717) is 12.0 Å². The molecule has 6 rings (SSSR count). The molecule has 182 valence electrons. The average Bonchev–Trinajstić information content (AvgIpc) is 3.48. The standard InChI is InChI=1S/C27H30BrN5O2/c1-15-21(18-7-8-20(30-14-18)16-5-3-2-4-6-16)25-31-23(22(28)24(29)33(25)32-15)17-9-11-27(12-10-17)13-19(27)26(34)35/h2-6,15,17,19,29,32H,7-14H2,1H3,(H,34,35)/b21-18-,29-24?. The van der Waals surface area contributed by atoms with Gasteiger partial charge in [-0.25, -0.2) is 9.66 Å². The van der Waals surface area contributed by atoms with Gasteiger partial charge in [-0.2, -0.15) is 0 Å². The maximum Gasteiger partial charge on any atom is 0.307 e. The molecule has 0 saturated heterocycles. The molecule has 2 aliphatic carbocycles. The third kappa shape index (κ3) is 3.77. The van der Waals surface area contributed by atoms with Crippen LogP contribution in [0.25, 0.3) is 5.57 Å². The van der Waals surface area contributed by atoms with E-state index < -0.39 is 5.97 Å². The molecule has 1 spiro atoms. The lowest BCUT2D eigenvalue weighted by Crippen LogP contribution is -2.31. The van der Waals surface area contributed by atoms with Gasteiger partial charge in [-0.3, -0.25) is 15.2 Å². The van der Waals surface area contributed by atoms with Crippen molar-refractivity contribution in [3.63, 3.8) is 0 Å². The third-order valence-electron chi connectivity index (χ3n) is 8.56. The van der Waals surface area contributed by atoms with Gasteiger partial charge in [0, 0.05) is 17.2 Å². The Bertz CT molecular complexity index is 1320. The Morgan fingerprint density at radius 1 is 1.23 bits per heavy atom. The van der Waals surface area contributed by atoms with Gasteiger partial charge in [-0.1, -0.05) is 30.3 Å². The second-order valence-corrected chi connectivity index (χ2v) is 11.3. The Morgan fingerprint density at radius 2 is 1.97 bits per heavy atom. The van der Waals surface area contributed by atoms with Crippen molar-refractivity contribution in [2.75, 3.05) is 12.0 Å². The first kappa shape index (κ1) is 22.7. The highest BCUT2D eigenvalue weighted by Crippen LogP contribution is 2.63. The number of aliphatic imine (C=N–C) groups is 1. The number of carboxylic acid groups (broad SMARTS) is 1. The molecule has 2 aromatic rings. The second-order valence-electron chi connectivity index (χ2n) is 10.5. The minimum Gasteiger partial charge on any atom is -0.481 e. The van der Waals surface area contributed by atoms with E-state index in [1.54, 1.807) is 0 Å². The predicted octanol–water partition coefficient (Wildman–Crippen LogP) is 4.86. The summed E-state index contributed by atoms with van der Waals surface area (Å²) in [4.78, 5) is 21.5. The van der Waals surface area contributed by atoms with E-state index in [4.69, 9.17) is 15.4 Å². The molecule has 2 fully saturated rings. The van der Waals surface area contributed by atoms with E-state index in [1.807, 2.05) is 10.7 Å². The number of benzene rings is 1. The van der Waals surface area contributed by atoms with Crippen molar-refractivity contribution in [2.45, 2.75) is 63.8 Å². The van der Waals surface area contributed by atoms with E-state index in [0.717, 1.165) is 66.6 Å². The van der Waals surface area contributed by atoms with Gasteiger partial charge in [0.15, 0.2) is 11.3 Å². The minimum atomic E-state index is -0.646. The van der Waals surface area contributed by atoms with Crippen molar-refractivity contribution in [1.82, 2.24) is 9.66 Å². The van der Waals surface area contributed by atoms with E-state index >= 15 is 0 Å². The molecule has 7 nitrogen and oxygen atoms in total. The number of aliphatic carboxylic acids is 1. The van der Waals surface area contributed by atoms with Gasteiger partial charge in [0.2, 0.25) is 0 Å². The average molecular weight is 536 g/mol.